The highest BCUT2D eigenvalue weighted by Crippen LogP contribution is 2.45. The lowest BCUT2D eigenvalue weighted by Gasteiger charge is -2.50. The monoisotopic (exact) mass is 263 g/mol. The van der Waals surface area contributed by atoms with Gasteiger partial charge in [-0.2, -0.15) is 0 Å². The molecule has 19 heavy (non-hydrogen) atoms. The van der Waals surface area contributed by atoms with Crippen molar-refractivity contribution < 1.29 is 14.3 Å². The lowest BCUT2D eigenvalue weighted by molar-refractivity contribution is -0.126. The van der Waals surface area contributed by atoms with Gasteiger partial charge in [-0.25, -0.2) is 4.79 Å². The molecular formula is C15H21NO3. The Morgan fingerprint density at radius 1 is 1.63 bits per heavy atom. The highest BCUT2D eigenvalue weighted by molar-refractivity contribution is 5.95. The Hall–Kier alpha value is -1.58. The molecule has 1 amide bonds. The zero-order chi connectivity index (χ0) is 13.9. The van der Waals surface area contributed by atoms with Gasteiger partial charge in [0.25, 0.3) is 0 Å². The van der Waals surface area contributed by atoms with Gasteiger partial charge in [-0.05, 0) is 31.8 Å². The van der Waals surface area contributed by atoms with Gasteiger partial charge in [-0.3, -0.25) is 9.69 Å². The molecule has 2 aliphatic rings. The van der Waals surface area contributed by atoms with Crippen LogP contribution in [0.1, 0.15) is 38.5 Å². The normalized spacial score (nSPS) is 29.8. The molecule has 1 saturated carbocycles. The van der Waals surface area contributed by atoms with Crippen molar-refractivity contribution in [2.75, 3.05) is 7.11 Å². The fourth-order valence-electron chi connectivity index (χ4n) is 3.44. The quantitative estimate of drug-likeness (QED) is 0.735. The summed E-state index contributed by atoms with van der Waals surface area (Å²) in [4.78, 5) is 25.8. The van der Waals surface area contributed by atoms with Crippen molar-refractivity contribution in [3.05, 3.63) is 24.9 Å². The van der Waals surface area contributed by atoms with Gasteiger partial charge in [-0.15, -0.1) is 6.58 Å². The maximum atomic E-state index is 12.2. The third kappa shape index (κ3) is 2.31. The van der Waals surface area contributed by atoms with Crippen LogP contribution in [0, 0.1) is 5.92 Å². The maximum Gasteiger partial charge on any atom is 0.414 e. The molecule has 0 unspecified atom stereocenters. The molecule has 4 heteroatoms. The maximum absolute atomic E-state index is 12.2. The van der Waals surface area contributed by atoms with E-state index in [9.17, 15) is 9.59 Å². The first-order valence-corrected chi connectivity index (χ1v) is 6.86. The Balaban J connectivity index is 2.39. The van der Waals surface area contributed by atoms with Gasteiger partial charge in [-0.1, -0.05) is 18.9 Å². The molecule has 1 aliphatic heterocycles. The molecule has 0 aromatic heterocycles. The highest BCUT2D eigenvalue weighted by atomic mass is 16.5. The first-order valence-electron chi connectivity index (χ1n) is 6.86. The number of rotatable bonds is 3. The van der Waals surface area contributed by atoms with Crippen LogP contribution in [0.5, 0.6) is 0 Å². The number of carbonyl (C=O) groups is 2. The van der Waals surface area contributed by atoms with Crippen LogP contribution in [-0.4, -0.2) is 29.4 Å². The number of fused-ring (bicyclic) bond motifs is 1. The molecule has 4 nitrogen and oxygen atoms in total. The summed E-state index contributed by atoms with van der Waals surface area (Å²) in [5, 5.41) is 0. The van der Waals surface area contributed by atoms with Crippen LogP contribution in [0.15, 0.2) is 24.9 Å². The van der Waals surface area contributed by atoms with Gasteiger partial charge in [0.2, 0.25) is 0 Å². The number of carbonyl (C=O) groups excluding carboxylic acids is 2. The SMILES string of the molecule is C=CCC[C@]12CCCC[C@@H]1C(=O)C=CN2C(=O)OC. The minimum Gasteiger partial charge on any atom is -0.452 e. The number of hydrogen-bond acceptors (Lipinski definition) is 3. The summed E-state index contributed by atoms with van der Waals surface area (Å²) < 4.78 is 4.88. The Kier molecular flexibility index (Phi) is 4.08. The molecule has 0 N–H and O–H groups in total. The molecule has 0 saturated heterocycles. The van der Waals surface area contributed by atoms with E-state index in [1.807, 2.05) is 6.08 Å². The van der Waals surface area contributed by atoms with E-state index in [2.05, 4.69) is 6.58 Å². The Morgan fingerprint density at radius 2 is 2.42 bits per heavy atom. The molecule has 2 atom stereocenters. The van der Waals surface area contributed by atoms with Crippen molar-refractivity contribution in [3.8, 4) is 0 Å². The van der Waals surface area contributed by atoms with Gasteiger partial charge in [0.15, 0.2) is 5.78 Å². The molecule has 1 heterocycles. The van der Waals surface area contributed by atoms with Crippen LogP contribution in [-0.2, 0) is 9.53 Å². The summed E-state index contributed by atoms with van der Waals surface area (Å²) >= 11 is 0. The fraction of sp³-hybridized carbons (Fsp3) is 0.600. The molecule has 0 aromatic carbocycles. The highest BCUT2D eigenvalue weighted by Gasteiger charge is 2.51. The average molecular weight is 263 g/mol. The predicted molar refractivity (Wildman–Crippen MR) is 72.5 cm³/mol. The first kappa shape index (κ1) is 13.8. The molecule has 0 bridgehead atoms. The van der Waals surface area contributed by atoms with E-state index in [1.54, 1.807) is 11.1 Å². The summed E-state index contributed by atoms with van der Waals surface area (Å²) in [5.74, 6) is 0.0502. The third-order valence-corrected chi connectivity index (χ3v) is 4.36. The smallest absolute Gasteiger partial charge is 0.414 e. The lowest BCUT2D eigenvalue weighted by atomic mass is 9.66. The largest absolute Gasteiger partial charge is 0.452 e. The minimum absolute atomic E-state index is 0.0923. The van der Waals surface area contributed by atoms with Crippen molar-refractivity contribution in [2.24, 2.45) is 5.92 Å². The van der Waals surface area contributed by atoms with Gasteiger partial charge >= 0.3 is 6.09 Å². The number of ether oxygens (including phenoxy) is 1. The van der Waals surface area contributed by atoms with E-state index in [1.165, 1.54) is 13.2 Å². The van der Waals surface area contributed by atoms with Crippen LogP contribution < -0.4 is 0 Å². The second-order valence-corrected chi connectivity index (χ2v) is 5.29. The Bertz CT molecular complexity index is 416. The van der Waals surface area contributed by atoms with E-state index >= 15 is 0 Å². The Labute approximate surface area is 114 Å². The van der Waals surface area contributed by atoms with Gasteiger partial charge in [0.1, 0.15) is 0 Å². The zero-order valence-electron chi connectivity index (χ0n) is 11.4. The average Bonchev–Trinajstić information content (AvgIpc) is 2.45. The van der Waals surface area contributed by atoms with Crippen LogP contribution in [0.25, 0.3) is 0 Å². The summed E-state index contributed by atoms with van der Waals surface area (Å²) in [6.07, 6.45) is 9.95. The summed E-state index contributed by atoms with van der Waals surface area (Å²) in [6.45, 7) is 3.75. The number of ketones is 1. The third-order valence-electron chi connectivity index (χ3n) is 4.36. The first-order chi connectivity index (χ1) is 9.15. The van der Waals surface area contributed by atoms with E-state index in [0.29, 0.717) is 0 Å². The predicted octanol–water partition coefficient (Wildman–Crippen LogP) is 3.05. The molecule has 104 valence electrons. The Morgan fingerprint density at radius 3 is 3.11 bits per heavy atom. The second kappa shape index (κ2) is 5.59. The van der Waals surface area contributed by atoms with Crippen molar-refractivity contribution >= 4 is 11.9 Å². The second-order valence-electron chi connectivity index (χ2n) is 5.29. The van der Waals surface area contributed by atoms with Crippen molar-refractivity contribution in [3.63, 3.8) is 0 Å². The summed E-state index contributed by atoms with van der Waals surface area (Å²) in [7, 11) is 1.38. The molecule has 0 spiro atoms. The molecular weight excluding hydrogens is 242 g/mol. The minimum atomic E-state index is -0.411. The van der Waals surface area contributed by atoms with Crippen molar-refractivity contribution in [1.82, 2.24) is 4.90 Å². The fourth-order valence-corrected chi connectivity index (χ4v) is 3.44. The van der Waals surface area contributed by atoms with E-state index < -0.39 is 5.54 Å². The van der Waals surface area contributed by atoms with Gasteiger partial charge < -0.3 is 4.74 Å². The molecule has 1 fully saturated rings. The van der Waals surface area contributed by atoms with E-state index in [0.717, 1.165) is 38.5 Å². The van der Waals surface area contributed by atoms with Crippen LogP contribution in [0.4, 0.5) is 4.79 Å². The summed E-state index contributed by atoms with van der Waals surface area (Å²) in [6, 6.07) is 0. The topological polar surface area (TPSA) is 46.6 Å². The molecule has 0 aromatic rings. The van der Waals surface area contributed by atoms with E-state index in [-0.39, 0.29) is 17.8 Å². The van der Waals surface area contributed by atoms with Crippen molar-refractivity contribution in [1.29, 1.82) is 0 Å². The summed E-state index contributed by atoms with van der Waals surface area (Å²) in [5.41, 5.74) is -0.411. The number of methoxy groups -OCH3 is 1. The van der Waals surface area contributed by atoms with Crippen LogP contribution >= 0.6 is 0 Å². The number of nitrogens with zero attached hydrogens (tertiary/aromatic N) is 1. The number of amides is 1. The van der Waals surface area contributed by atoms with Crippen LogP contribution in [0.3, 0.4) is 0 Å². The van der Waals surface area contributed by atoms with Crippen molar-refractivity contribution in [2.45, 2.75) is 44.1 Å². The van der Waals surface area contributed by atoms with Crippen LogP contribution in [0.2, 0.25) is 0 Å². The van der Waals surface area contributed by atoms with Gasteiger partial charge in [0.05, 0.1) is 12.6 Å². The number of hydrogen-bond donors (Lipinski definition) is 0. The standard InChI is InChI=1S/C15H21NO3/c1-3-4-9-15-10-6-5-7-12(15)13(17)8-11-16(15)14(18)19-2/h3,8,11-12H,1,4-7,9-10H2,2H3/t12-,15+/m1/s1. The molecule has 0 radical (unpaired) electrons. The lowest BCUT2D eigenvalue weighted by Crippen LogP contribution is -2.59. The zero-order valence-corrected chi connectivity index (χ0v) is 11.4. The van der Waals surface area contributed by atoms with E-state index in [4.69, 9.17) is 4.74 Å². The molecule has 1 aliphatic carbocycles. The molecule has 2 rings (SSSR count). The number of allylic oxidation sites excluding steroid dienone is 2. The van der Waals surface area contributed by atoms with Gasteiger partial charge in [0, 0.05) is 12.1 Å².